The topological polar surface area (TPSA) is 98.8 Å². The Hall–Kier alpha value is -3.08. The van der Waals surface area contributed by atoms with Gasteiger partial charge in [-0.25, -0.2) is 4.79 Å². The van der Waals surface area contributed by atoms with E-state index in [1.165, 1.54) is 0 Å². The van der Waals surface area contributed by atoms with Crippen LogP contribution in [0.1, 0.15) is 40.1 Å². The number of hydrogen-bond donors (Lipinski definition) is 1. The van der Waals surface area contributed by atoms with Crippen molar-refractivity contribution in [3.63, 3.8) is 0 Å². The summed E-state index contributed by atoms with van der Waals surface area (Å²) in [7, 11) is -6.04. The van der Waals surface area contributed by atoms with Crippen molar-refractivity contribution in [3.05, 3.63) is 65.2 Å². The van der Waals surface area contributed by atoms with Crippen LogP contribution in [0.3, 0.4) is 0 Å². The molecule has 0 heterocycles. The molecular weight excluding hydrogens is 439 g/mol. The molecule has 0 unspecified atom stereocenters. The number of rotatable bonds is 8. The molecule has 0 radical (unpaired) electrons. The maximum Gasteiger partial charge on any atom is 0.534 e. The van der Waals surface area contributed by atoms with Gasteiger partial charge in [0.2, 0.25) is 0 Å². The van der Waals surface area contributed by atoms with Gasteiger partial charge < -0.3 is 14.2 Å². The molecule has 2 aromatic carbocycles. The van der Waals surface area contributed by atoms with E-state index < -0.39 is 38.8 Å². The second kappa shape index (κ2) is 9.82. The van der Waals surface area contributed by atoms with Gasteiger partial charge in [-0.1, -0.05) is 44.2 Å². The number of benzene rings is 2. The molecule has 0 saturated carbocycles. The Balaban J connectivity index is 2.35. The van der Waals surface area contributed by atoms with Gasteiger partial charge in [0.25, 0.3) is 5.91 Å². The molecular formula is C20H20F3NO6S. The van der Waals surface area contributed by atoms with Crippen molar-refractivity contribution in [1.29, 1.82) is 0 Å². The van der Waals surface area contributed by atoms with Gasteiger partial charge in [0.15, 0.2) is 5.75 Å². The first-order valence-corrected chi connectivity index (χ1v) is 10.5. The fraction of sp³-hybridized carbons (Fsp3) is 0.300. The Morgan fingerprint density at radius 2 is 1.71 bits per heavy atom. The summed E-state index contributed by atoms with van der Waals surface area (Å²) in [6.07, 6.45) is 0. The quantitative estimate of drug-likeness (QED) is 0.368. The van der Waals surface area contributed by atoms with E-state index in [-0.39, 0.29) is 18.1 Å². The van der Waals surface area contributed by atoms with Crippen LogP contribution in [0, 0.1) is 5.92 Å². The Bertz CT molecular complexity index is 1040. The van der Waals surface area contributed by atoms with Crippen molar-refractivity contribution >= 4 is 22.0 Å². The highest BCUT2D eigenvalue weighted by Gasteiger charge is 2.49. The molecule has 1 N–H and O–H groups in total. The number of halogens is 3. The molecule has 168 valence electrons. The van der Waals surface area contributed by atoms with E-state index in [2.05, 4.69) is 9.50 Å². The first-order valence-electron chi connectivity index (χ1n) is 9.05. The van der Waals surface area contributed by atoms with Crippen LogP contribution in [0.25, 0.3) is 0 Å². The second-order valence-electron chi connectivity index (χ2n) is 6.86. The Labute approximate surface area is 177 Å². The molecule has 0 aliphatic rings. The highest BCUT2D eigenvalue weighted by Crippen LogP contribution is 2.30. The third kappa shape index (κ3) is 6.71. The monoisotopic (exact) mass is 459 g/mol. The third-order valence-corrected chi connectivity index (χ3v) is 4.79. The van der Waals surface area contributed by atoms with Gasteiger partial charge in [-0.05, 0) is 29.7 Å². The lowest BCUT2D eigenvalue weighted by Gasteiger charge is -2.14. The molecule has 0 atom stereocenters. The Morgan fingerprint density at radius 1 is 1.06 bits per heavy atom. The van der Waals surface area contributed by atoms with Crippen LogP contribution in [0.5, 0.6) is 5.75 Å². The van der Waals surface area contributed by atoms with Crippen molar-refractivity contribution in [1.82, 2.24) is 5.32 Å². The highest BCUT2D eigenvalue weighted by atomic mass is 32.2. The van der Waals surface area contributed by atoms with E-state index in [9.17, 15) is 31.2 Å². The van der Waals surface area contributed by atoms with Gasteiger partial charge in [0, 0.05) is 12.1 Å². The molecule has 2 aromatic rings. The minimum absolute atomic E-state index is 0.0796. The summed E-state index contributed by atoms with van der Waals surface area (Å²) in [6, 6.07) is 11.2. The summed E-state index contributed by atoms with van der Waals surface area (Å²) < 4.78 is 70.1. The van der Waals surface area contributed by atoms with E-state index >= 15 is 0 Å². The number of carbonyl (C=O) groups is 2. The fourth-order valence-electron chi connectivity index (χ4n) is 2.27. The van der Waals surface area contributed by atoms with Crippen LogP contribution in [0.4, 0.5) is 13.2 Å². The van der Waals surface area contributed by atoms with Crippen molar-refractivity contribution in [3.8, 4) is 5.75 Å². The van der Waals surface area contributed by atoms with Crippen LogP contribution in [-0.2, 0) is 21.5 Å². The number of carbonyl (C=O) groups excluding carboxylic acids is 2. The SMILES string of the molecule is CC(C)CNC(=O)c1ccc(OS(=O)(=O)C(F)(F)F)c(C(=O)OCc2ccccc2)c1. The van der Waals surface area contributed by atoms with E-state index in [4.69, 9.17) is 4.74 Å². The average Bonchev–Trinajstić information content (AvgIpc) is 2.70. The standard InChI is InChI=1S/C20H20F3NO6S/c1-13(2)11-24-18(25)15-8-9-17(30-31(27,28)20(21,22)23)16(10-15)19(26)29-12-14-6-4-3-5-7-14/h3-10,13H,11-12H2,1-2H3,(H,24,25). The zero-order valence-corrected chi connectivity index (χ0v) is 17.4. The molecule has 11 heteroatoms. The van der Waals surface area contributed by atoms with Gasteiger partial charge in [-0.2, -0.15) is 21.6 Å². The molecule has 0 aliphatic heterocycles. The molecule has 7 nitrogen and oxygen atoms in total. The molecule has 0 spiro atoms. The predicted octanol–water partition coefficient (Wildman–Crippen LogP) is 3.66. The van der Waals surface area contributed by atoms with Gasteiger partial charge in [-0.3, -0.25) is 4.79 Å². The fourth-order valence-corrected chi connectivity index (χ4v) is 2.74. The average molecular weight is 459 g/mol. The van der Waals surface area contributed by atoms with Gasteiger partial charge in [0.05, 0.1) is 0 Å². The highest BCUT2D eigenvalue weighted by molar-refractivity contribution is 7.88. The predicted molar refractivity (Wildman–Crippen MR) is 105 cm³/mol. The van der Waals surface area contributed by atoms with Crippen molar-refractivity contribution < 1.29 is 40.1 Å². The molecule has 0 saturated heterocycles. The first-order chi connectivity index (χ1) is 14.4. The summed E-state index contributed by atoms with van der Waals surface area (Å²) in [6.45, 7) is 3.79. The Kier molecular flexibility index (Phi) is 7.66. The van der Waals surface area contributed by atoms with E-state index in [1.807, 2.05) is 13.8 Å². The minimum atomic E-state index is -6.04. The molecule has 1 amide bonds. The first kappa shape index (κ1) is 24.2. The van der Waals surface area contributed by atoms with Gasteiger partial charge in [-0.15, -0.1) is 0 Å². The number of alkyl halides is 3. The molecule has 2 rings (SSSR count). The lowest BCUT2D eigenvalue weighted by Crippen LogP contribution is -2.29. The summed E-state index contributed by atoms with van der Waals surface area (Å²) >= 11 is 0. The molecule has 0 aromatic heterocycles. The number of nitrogens with one attached hydrogen (secondary N) is 1. The molecule has 0 aliphatic carbocycles. The zero-order valence-electron chi connectivity index (χ0n) is 16.6. The Morgan fingerprint density at radius 3 is 2.29 bits per heavy atom. The third-order valence-electron chi connectivity index (χ3n) is 3.83. The minimum Gasteiger partial charge on any atom is -0.457 e. The number of hydrogen-bond acceptors (Lipinski definition) is 6. The summed E-state index contributed by atoms with van der Waals surface area (Å²) in [5, 5.41) is 2.58. The largest absolute Gasteiger partial charge is 0.534 e. The van der Waals surface area contributed by atoms with Crippen LogP contribution < -0.4 is 9.50 Å². The van der Waals surface area contributed by atoms with Crippen LogP contribution in [0.15, 0.2) is 48.5 Å². The number of esters is 1. The normalized spacial score (nSPS) is 11.8. The summed E-state index contributed by atoms with van der Waals surface area (Å²) in [5.41, 5.74) is -5.83. The number of ether oxygens (including phenoxy) is 1. The maximum absolute atomic E-state index is 12.7. The zero-order chi connectivity index (χ0) is 23.2. The van der Waals surface area contributed by atoms with Gasteiger partial charge in [0.1, 0.15) is 12.2 Å². The smallest absolute Gasteiger partial charge is 0.457 e. The molecule has 31 heavy (non-hydrogen) atoms. The van der Waals surface area contributed by atoms with Crippen LogP contribution in [-0.4, -0.2) is 32.3 Å². The molecule has 0 fully saturated rings. The lowest BCUT2D eigenvalue weighted by molar-refractivity contribution is -0.0500. The molecule has 0 bridgehead atoms. The van der Waals surface area contributed by atoms with Gasteiger partial charge >= 0.3 is 21.6 Å². The van der Waals surface area contributed by atoms with E-state index in [0.29, 0.717) is 12.1 Å². The van der Waals surface area contributed by atoms with E-state index in [0.717, 1.165) is 18.2 Å². The second-order valence-corrected chi connectivity index (χ2v) is 8.40. The summed E-state index contributed by atoms with van der Waals surface area (Å²) in [4.78, 5) is 24.8. The van der Waals surface area contributed by atoms with Crippen molar-refractivity contribution in [2.24, 2.45) is 5.92 Å². The van der Waals surface area contributed by atoms with Crippen LogP contribution in [0.2, 0.25) is 0 Å². The maximum atomic E-state index is 12.7. The number of amides is 1. The summed E-state index contributed by atoms with van der Waals surface area (Å²) in [5.74, 6) is -2.54. The lowest BCUT2D eigenvalue weighted by atomic mass is 10.1. The van der Waals surface area contributed by atoms with Crippen molar-refractivity contribution in [2.75, 3.05) is 6.54 Å². The van der Waals surface area contributed by atoms with Crippen molar-refractivity contribution in [2.45, 2.75) is 26.0 Å². The van der Waals surface area contributed by atoms with Crippen LogP contribution >= 0.6 is 0 Å². The van der Waals surface area contributed by atoms with E-state index in [1.54, 1.807) is 30.3 Å².